The van der Waals surface area contributed by atoms with E-state index in [1.54, 1.807) is 24.3 Å². The SMILES string of the molecule is CCC(=O)c1ccc(C(=O)N2CCC(CN)C2)cc1. The molecule has 0 saturated carbocycles. The molecular formula is C15H20N2O2. The molecule has 0 radical (unpaired) electrons. The van der Waals surface area contributed by atoms with Crippen LogP contribution in [0.3, 0.4) is 0 Å². The van der Waals surface area contributed by atoms with E-state index in [9.17, 15) is 9.59 Å². The minimum atomic E-state index is 0.0337. The minimum absolute atomic E-state index is 0.0337. The number of nitrogens with two attached hydrogens (primary N) is 1. The zero-order valence-electron chi connectivity index (χ0n) is 11.3. The van der Waals surface area contributed by atoms with Crippen LogP contribution >= 0.6 is 0 Å². The maximum atomic E-state index is 12.3. The Bertz CT molecular complexity index is 468. The Morgan fingerprint density at radius 3 is 2.42 bits per heavy atom. The molecule has 1 aromatic rings. The van der Waals surface area contributed by atoms with Crippen molar-refractivity contribution in [2.24, 2.45) is 11.7 Å². The smallest absolute Gasteiger partial charge is 0.253 e. The molecule has 4 nitrogen and oxygen atoms in total. The van der Waals surface area contributed by atoms with Crippen LogP contribution in [0.5, 0.6) is 0 Å². The molecular weight excluding hydrogens is 240 g/mol. The Hall–Kier alpha value is -1.68. The second-order valence-electron chi connectivity index (χ2n) is 5.00. The summed E-state index contributed by atoms with van der Waals surface area (Å²) in [5.74, 6) is 0.555. The van der Waals surface area contributed by atoms with Gasteiger partial charge in [0.05, 0.1) is 0 Å². The Kier molecular flexibility index (Phi) is 4.32. The van der Waals surface area contributed by atoms with Gasteiger partial charge >= 0.3 is 0 Å². The Balaban J connectivity index is 2.06. The van der Waals surface area contributed by atoms with Gasteiger partial charge in [-0.3, -0.25) is 9.59 Å². The van der Waals surface area contributed by atoms with E-state index in [4.69, 9.17) is 5.73 Å². The summed E-state index contributed by atoms with van der Waals surface area (Å²) >= 11 is 0. The first-order valence-corrected chi connectivity index (χ1v) is 6.78. The van der Waals surface area contributed by atoms with Gasteiger partial charge < -0.3 is 10.6 Å². The topological polar surface area (TPSA) is 63.4 Å². The summed E-state index contributed by atoms with van der Waals surface area (Å²) in [5.41, 5.74) is 6.94. The number of ketones is 1. The van der Waals surface area contributed by atoms with Gasteiger partial charge in [-0.25, -0.2) is 0 Å². The van der Waals surface area contributed by atoms with Crippen LogP contribution < -0.4 is 5.73 Å². The molecule has 1 atom stereocenters. The fourth-order valence-electron chi connectivity index (χ4n) is 2.39. The highest BCUT2D eigenvalue weighted by Crippen LogP contribution is 2.18. The molecule has 0 bridgehead atoms. The molecule has 1 aromatic carbocycles. The quantitative estimate of drug-likeness (QED) is 0.838. The van der Waals surface area contributed by atoms with Gasteiger partial charge in [-0.05, 0) is 31.0 Å². The van der Waals surface area contributed by atoms with E-state index in [1.807, 2.05) is 11.8 Å². The van der Waals surface area contributed by atoms with Crippen molar-refractivity contribution in [3.63, 3.8) is 0 Å². The maximum Gasteiger partial charge on any atom is 0.253 e. The first kappa shape index (κ1) is 13.7. The highest BCUT2D eigenvalue weighted by Gasteiger charge is 2.25. The van der Waals surface area contributed by atoms with Crippen LogP contribution in [0.4, 0.5) is 0 Å². The van der Waals surface area contributed by atoms with Crippen LogP contribution in [0, 0.1) is 5.92 Å². The number of hydrogen-bond acceptors (Lipinski definition) is 3. The minimum Gasteiger partial charge on any atom is -0.338 e. The van der Waals surface area contributed by atoms with Crippen LogP contribution in [-0.2, 0) is 0 Å². The van der Waals surface area contributed by atoms with Gasteiger partial charge in [-0.2, -0.15) is 0 Å². The molecule has 0 spiro atoms. The number of amides is 1. The highest BCUT2D eigenvalue weighted by molar-refractivity contribution is 5.98. The molecule has 1 aliphatic rings. The van der Waals surface area contributed by atoms with Crippen molar-refractivity contribution in [2.75, 3.05) is 19.6 Å². The number of Topliss-reactive ketones (excluding diaryl/α,β-unsaturated/α-hetero) is 1. The van der Waals surface area contributed by atoms with Crippen molar-refractivity contribution < 1.29 is 9.59 Å². The summed E-state index contributed by atoms with van der Waals surface area (Å²) in [6, 6.07) is 6.94. The van der Waals surface area contributed by atoms with Crippen LogP contribution in [0.2, 0.25) is 0 Å². The van der Waals surface area contributed by atoms with Gasteiger partial charge in [0.25, 0.3) is 5.91 Å². The Morgan fingerprint density at radius 1 is 1.26 bits per heavy atom. The molecule has 2 rings (SSSR count). The molecule has 2 N–H and O–H groups in total. The fraction of sp³-hybridized carbons (Fsp3) is 0.467. The number of likely N-dealkylation sites (tertiary alicyclic amines) is 1. The second-order valence-corrected chi connectivity index (χ2v) is 5.00. The van der Waals surface area contributed by atoms with Gasteiger partial charge in [0.15, 0.2) is 5.78 Å². The standard InChI is InChI=1S/C15H20N2O2/c1-2-14(18)12-3-5-13(6-4-12)15(19)17-8-7-11(9-16)10-17/h3-6,11H,2,7-10,16H2,1H3. The number of rotatable bonds is 4. The number of carbonyl (C=O) groups is 2. The highest BCUT2D eigenvalue weighted by atomic mass is 16.2. The van der Waals surface area contributed by atoms with Crippen molar-refractivity contribution in [3.8, 4) is 0 Å². The summed E-state index contributed by atoms with van der Waals surface area (Å²) in [7, 11) is 0. The first-order chi connectivity index (χ1) is 9.15. The van der Waals surface area contributed by atoms with E-state index >= 15 is 0 Å². The predicted molar refractivity (Wildman–Crippen MR) is 74.1 cm³/mol. The second kappa shape index (κ2) is 5.97. The molecule has 1 aliphatic heterocycles. The lowest BCUT2D eigenvalue weighted by Gasteiger charge is -2.16. The van der Waals surface area contributed by atoms with Gasteiger partial charge in [0, 0.05) is 30.6 Å². The molecule has 1 saturated heterocycles. The number of nitrogens with zero attached hydrogens (tertiary/aromatic N) is 1. The van der Waals surface area contributed by atoms with Crippen molar-refractivity contribution >= 4 is 11.7 Å². The fourth-order valence-corrected chi connectivity index (χ4v) is 2.39. The van der Waals surface area contributed by atoms with Crippen molar-refractivity contribution in [3.05, 3.63) is 35.4 Å². The van der Waals surface area contributed by atoms with E-state index in [-0.39, 0.29) is 11.7 Å². The lowest BCUT2D eigenvalue weighted by atomic mass is 10.1. The largest absolute Gasteiger partial charge is 0.338 e. The first-order valence-electron chi connectivity index (χ1n) is 6.78. The molecule has 0 aromatic heterocycles. The summed E-state index contributed by atoms with van der Waals surface area (Å²) in [6.07, 6.45) is 1.46. The van der Waals surface area contributed by atoms with Crippen LogP contribution in [0.15, 0.2) is 24.3 Å². The van der Waals surface area contributed by atoms with Crippen molar-refractivity contribution in [1.82, 2.24) is 4.90 Å². The lowest BCUT2D eigenvalue weighted by molar-refractivity contribution is 0.0787. The monoisotopic (exact) mass is 260 g/mol. The molecule has 1 unspecified atom stereocenters. The average Bonchev–Trinajstić information content (AvgIpc) is 2.94. The van der Waals surface area contributed by atoms with Crippen LogP contribution in [0.1, 0.15) is 40.5 Å². The van der Waals surface area contributed by atoms with Gasteiger partial charge in [0.2, 0.25) is 0 Å². The molecule has 4 heteroatoms. The number of hydrogen-bond donors (Lipinski definition) is 1. The normalized spacial score (nSPS) is 18.6. The van der Waals surface area contributed by atoms with E-state index < -0.39 is 0 Å². The summed E-state index contributed by atoms with van der Waals surface area (Å²) < 4.78 is 0. The van der Waals surface area contributed by atoms with E-state index in [1.165, 1.54) is 0 Å². The maximum absolute atomic E-state index is 12.3. The third-order valence-electron chi connectivity index (χ3n) is 3.68. The van der Waals surface area contributed by atoms with E-state index in [0.717, 1.165) is 19.5 Å². The average molecular weight is 260 g/mol. The molecule has 102 valence electrons. The van der Waals surface area contributed by atoms with Crippen molar-refractivity contribution in [2.45, 2.75) is 19.8 Å². The molecule has 1 amide bonds. The van der Waals surface area contributed by atoms with Crippen LogP contribution in [0.25, 0.3) is 0 Å². The van der Waals surface area contributed by atoms with Crippen LogP contribution in [-0.4, -0.2) is 36.2 Å². The summed E-state index contributed by atoms with van der Waals surface area (Å²) in [6.45, 7) is 3.98. The van der Waals surface area contributed by atoms with Gasteiger partial charge in [-0.15, -0.1) is 0 Å². The third-order valence-corrected chi connectivity index (χ3v) is 3.68. The molecule has 1 fully saturated rings. The lowest BCUT2D eigenvalue weighted by Crippen LogP contribution is -2.29. The zero-order valence-corrected chi connectivity index (χ0v) is 11.3. The number of benzene rings is 1. The number of carbonyl (C=O) groups excluding carboxylic acids is 2. The summed E-state index contributed by atoms with van der Waals surface area (Å²) in [4.78, 5) is 25.6. The van der Waals surface area contributed by atoms with Gasteiger partial charge in [-0.1, -0.05) is 19.1 Å². The predicted octanol–water partition coefficient (Wildman–Crippen LogP) is 1.70. The third kappa shape index (κ3) is 3.01. The van der Waals surface area contributed by atoms with E-state index in [2.05, 4.69) is 0 Å². The van der Waals surface area contributed by atoms with E-state index in [0.29, 0.717) is 30.0 Å². The molecule has 19 heavy (non-hydrogen) atoms. The Labute approximate surface area is 113 Å². The summed E-state index contributed by atoms with van der Waals surface area (Å²) in [5, 5.41) is 0. The molecule has 1 heterocycles. The van der Waals surface area contributed by atoms with Crippen molar-refractivity contribution in [1.29, 1.82) is 0 Å². The molecule has 0 aliphatic carbocycles. The van der Waals surface area contributed by atoms with Gasteiger partial charge in [0.1, 0.15) is 0 Å². The zero-order chi connectivity index (χ0) is 13.8. The Morgan fingerprint density at radius 2 is 1.89 bits per heavy atom.